The van der Waals surface area contributed by atoms with Gasteiger partial charge in [0.05, 0.1) is 0 Å². The van der Waals surface area contributed by atoms with E-state index in [1.165, 1.54) is 6.92 Å². The fourth-order valence-electron chi connectivity index (χ4n) is 7.56. The Kier molecular flexibility index (Phi) is 3.25. The molecule has 0 saturated heterocycles. The highest BCUT2D eigenvalue weighted by Crippen LogP contribution is 2.72. The Morgan fingerprint density at radius 3 is 2.58 bits per heavy atom. The molecule has 8 atom stereocenters. The van der Waals surface area contributed by atoms with E-state index in [4.69, 9.17) is 11.6 Å². The molecule has 3 fully saturated rings. The van der Waals surface area contributed by atoms with Crippen LogP contribution >= 0.6 is 11.6 Å². The number of ketones is 2. The van der Waals surface area contributed by atoms with Crippen LogP contribution in [0.4, 0.5) is 0 Å². The van der Waals surface area contributed by atoms with Crippen LogP contribution in [0.3, 0.4) is 0 Å². The van der Waals surface area contributed by atoms with Gasteiger partial charge >= 0.3 is 0 Å². The third-order valence-corrected chi connectivity index (χ3v) is 9.56. The van der Waals surface area contributed by atoms with E-state index in [2.05, 4.69) is 19.9 Å². The number of Topliss-reactive ketones (excluding diaryl/α,β-unsaturated/α-hetero) is 1. The largest absolute Gasteiger partial charge is 0.382 e. The molecule has 5 rings (SSSR count). The third kappa shape index (κ3) is 1.75. The van der Waals surface area contributed by atoms with Gasteiger partial charge in [-0.2, -0.15) is 0 Å². The van der Waals surface area contributed by atoms with Crippen molar-refractivity contribution in [3.63, 3.8) is 0 Å². The smallest absolute Gasteiger partial charge is 0.161 e. The van der Waals surface area contributed by atoms with E-state index >= 15 is 0 Å². The summed E-state index contributed by atoms with van der Waals surface area (Å²) in [5, 5.41) is 11.9. The first kappa shape index (κ1) is 17.2. The summed E-state index contributed by atoms with van der Waals surface area (Å²) in [5.74, 6) is 1.78. The van der Waals surface area contributed by atoms with Crippen LogP contribution in [0.25, 0.3) is 0 Å². The molecule has 3 nitrogen and oxygen atoms in total. The Labute approximate surface area is 159 Å². The number of allylic oxidation sites excluding steroid dienone is 4. The van der Waals surface area contributed by atoms with Gasteiger partial charge in [-0.3, -0.25) is 9.59 Å². The van der Waals surface area contributed by atoms with E-state index in [0.29, 0.717) is 18.3 Å². The van der Waals surface area contributed by atoms with E-state index in [1.807, 2.05) is 6.08 Å². The number of fused-ring (bicyclic) bond motifs is 7. The van der Waals surface area contributed by atoms with Crippen LogP contribution in [0.5, 0.6) is 0 Å². The number of halogens is 1. The molecular weight excluding hydrogens is 348 g/mol. The van der Waals surface area contributed by atoms with E-state index in [9.17, 15) is 14.7 Å². The molecule has 140 valence electrons. The lowest BCUT2D eigenvalue weighted by Crippen LogP contribution is -2.56. The van der Waals surface area contributed by atoms with Crippen molar-refractivity contribution in [3.8, 4) is 0 Å². The molecule has 0 aromatic heterocycles. The molecule has 4 heteroatoms. The standard InChI is InChI=1S/C22H27ClO3/c1-11(24)22(26)7-5-14-12-9-18(23)17-10-19(25)13-8-16(13)21(17,3)15(12)4-6-20(14,22)2/h9-10,12-16,26H,4-8H2,1-3H3/t12?,13-,14?,15?,16+,20+,21+,22+/m1/s1. The highest BCUT2D eigenvalue weighted by molar-refractivity contribution is 6.32. The maximum Gasteiger partial charge on any atom is 0.161 e. The molecule has 0 bridgehead atoms. The molecule has 0 aromatic carbocycles. The number of rotatable bonds is 1. The van der Waals surface area contributed by atoms with E-state index in [1.54, 1.807) is 0 Å². The maximum atomic E-state index is 12.3. The molecule has 0 aliphatic heterocycles. The van der Waals surface area contributed by atoms with Crippen molar-refractivity contribution in [2.24, 2.45) is 40.4 Å². The second-order valence-corrected chi connectivity index (χ2v) is 10.3. The van der Waals surface area contributed by atoms with E-state index in [-0.39, 0.29) is 40.2 Å². The Bertz CT molecular complexity index is 797. The number of carbonyl (C=O) groups is 2. The minimum Gasteiger partial charge on any atom is -0.382 e. The van der Waals surface area contributed by atoms with Crippen LogP contribution in [0.1, 0.15) is 52.9 Å². The average Bonchev–Trinajstić information content (AvgIpc) is 3.33. The van der Waals surface area contributed by atoms with Crippen LogP contribution in [0.2, 0.25) is 0 Å². The fraction of sp³-hybridized carbons (Fsp3) is 0.727. The molecule has 1 N–H and O–H groups in total. The van der Waals surface area contributed by atoms with Gasteiger partial charge in [-0.05, 0) is 74.3 Å². The first-order chi connectivity index (χ1) is 12.1. The zero-order valence-corrected chi connectivity index (χ0v) is 16.5. The van der Waals surface area contributed by atoms with Crippen molar-refractivity contribution in [1.29, 1.82) is 0 Å². The summed E-state index contributed by atoms with van der Waals surface area (Å²) in [6.45, 7) is 5.97. The molecular formula is C22H27ClO3. The molecule has 0 amide bonds. The van der Waals surface area contributed by atoms with E-state index in [0.717, 1.165) is 36.3 Å². The maximum absolute atomic E-state index is 12.3. The number of hydrogen-bond acceptors (Lipinski definition) is 3. The first-order valence-corrected chi connectivity index (χ1v) is 10.4. The predicted molar refractivity (Wildman–Crippen MR) is 99.4 cm³/mol. The topological polar surface area (TPSA) is 54.4 Å². The van der Waals surface area contributed by atoms with Crippen LogP contribution < -0.4 is 0 Å². The van der Waals surface area contributed by atoms with Gasteiger partial charge in [0.1, 0.15) is 5.60 Å². The predicted octanol–water partition coefficient (Wildman–Crippen LogP) is 4.04. The quantitative estimate of drug-likeness (QED) is 0.753. The lowest BCUT2D eigenvalue weighted by atomic mass is 9.47. The van der Waals surface area contributed by atoms with Crippen molar-refractivity contribution >= 4 is 23.2 Å². The van der Waals surface area contributed by atoms with Gasteiger partial charge in [-0.15, -0.1) is 0 Å². The van der Waals surface area contributed by atoms with Crippen LogP contribution in [0.15, 0.2) is 22.8 Å². The second-order valence-electron chi connectivity index (χ2n) is 9.91. The molecule has 26 heavy (non-hydrogen) atoms. The lowest BCUT2D eigenvalue weighted by molar-refractivity contribution is -0.157. The highest BCUT2D eigenvalue weighted by Gasteiger charge is 2.69. The Hall–Kier alpha value is -0.930. The van der Waals surface area contributed by atoms with Crippen molar-refractivity contribution in [2.75, 3.05) is 0 Å². The summed E-state index contributed by atoms with van der Waals surface area (Å²) in [6.07, 6.45) is 8.25. The monoisotopic (exact) mass is 374 g/mol. The van der Waals surface area contributed by atoms with E-state index < -0.39 is 5.60 Å². The summed E-state index contributed by atoms with van der Waals surface area (Å²) in [6, 6.07) is 0. The van der Waals surface area contributed by atoms with Crippen molar-refractivity contribution in [2.45, 2.75) is 58.5 Å². The summed E-state index contributed by atoms with van der Waals surface area (Å²) < 4.78 is 0. The van der Waals surface area contributed by atoms with Gasteiger partial charge in [0.15, 0.2) is 11.6 Å². The molecule has 3 saturated carbocycles. The number of hydrogen-bond donors (Lipinski definition) is 1. The normalized spacial score (nSPS) is 54.3. The van der Waals surface area contributed by atoms with Gasteiger partial charge in [-0.25, -0.2) is 0 Å². The lowest BCUT2D eigenvalue weighted by Gasteiger charge is -2.57. The highest BCUT2D eigenvalue weighted by atomic mass is 35.5. The summed E-state index contributed by atoms with van der Waals surface area (Å²) >= 11 is 6.73. The van der Waals surface area contributed by atoms with Crippen LogP contribution in [-0.2, 0) is 9.59 Å². The van der Waals surface area contributed by atoms with Crippen LogP contribution in [-0.4, -0.2) is 22.3 Å². The van der Waals surface area contributed by atoms with Gasteiger partial charge < -0.3 is 5.11 Å². The molecule has 5 aliphatic rings. The number of carbonyl (C=O) groups excluding carboxylic acids is 2. The zero-order chi connectivity index (χ0) is 18.6. The second kappa shape index (κ2) is 4.91. The van der Waals surface area contributed by atoms with Crippen molar-refractivity contribution < 1.29 is 14.7 Å². The minimum absolute atomic E-state index is 0.0344. The zero-order valence-electron chi connectivity index (χ0n) is 15.7. The fourth-order valence-corrected chi connectivity index (χ4v) is 7.96. The number of aliphatic hydroxyl groups is 1. The average molecular weight is 375 g/mol. The summed E-state index contributed by atoms with van der Waals surface area (Å²) in [5.41, 5.74) is -0.566. The Morgan fingerprint density at radius 2 is 1.88 bits per heavy atom. The Balaban J connectivity index is 1.62. The molecule has 0 spiro atoms. The van der Waals surface area contributed by atoms with Crippen molar-refractivity contribution in [1.82, 2.24) is 0 Å². The van der Waals surface area contributed by atoms with Gasteiger partial charge in [0, 0.05) is 21.8 Å². The molecule has 5 aliphatic carbocycles. The molecule has 0 heterocycles. The molecule has 0 radical (unpaired) electrons. The summed E-state index contributed by atoms with van der Waals surface area (Å²) in [4.78, 5) is 24.6. The third-order valence-electron chi connectivity index (χ3n) is 9.23. The van der Waals surface area contributed by atoms with Crippen molar-refractivity contribution in [3.05, 3.63) is 22.8 Å². The SMILES string of the molecule is CC(=O)[C@@]1(O)CCC2C3C=C(Cl)C4=CC(=O)[C@@H]5C[C@@H]5[C@]4(C)C3CC[C@@]21C. The Morgan fingerprint density at radius 1 is 1.19 bits per heavy atom. The minimum atomic E-state index is -1.20. The van der Waals surface area contributed by atoms with Gasteiger partial charge in [0.2, 0.25) is 0 Å². The summed E-state index contributed by atoms with van der Waals surface area (Å²) in [7, 11) is 0. The van der Waals surface area contributed by atoms with Gasteiger partial charge in [0.25, 0.3) is 0 Å². The first-order valence-electron chi connectivity index (χ1n) is 10.0. The molecule has 0 aromatic rings. The van der Waals surface area contributed by atoms with Gasteiger partial charge in [-0.1, -0.05) is 31.5 Å². The van der Waals surface area contributed by atoms with Crippen LogP contribution in [0, 0.1) is 40.4 Å². The molecule has 3 unspecified atom stereocenters.